The maximum Gasteiger partial charge on any atom is 0.258 e. The molecule has 1 fully saturated rings. The summed E-state index contributed by atoms with van der Waals surface area (Å²) in [5.41, 5.74) is 4.24. The monoisotopic (exact) mass is 724 g/mol. The molecule has 4 amide bonds. The first-order valence-corrected chi connectivity index (χ1v) is 17.1. The third kappa shape index (κ3) is 7.54. The molecule has 2 aliphatic heterocycles. The predicted molar refractivity (Wildman–Crippen MR) is 197 cm³/mol. The highest BCUT2D eigenvalue weighted by atomic mass is 32.1. The van der Waals surface area contributed by atoms with Gasteiger partial charge in [0.25, 0.3) is 11.8 Å². The second-order valence-electron chi connectivity index (χ2n) is 12.3. The normalized spacial score (nSPS) is 15.2. The van der Waals surface area contributed by atoms with Crippen molar-refractivity contribution in [3.05, 3.63) is 83.9 Å². The Morgan fingerprint density at radius 1 is 1.04 bits per heavy atom. The van der Waals surface area contributed by atoms with Crippen LogP contribution in [0.4, 0.5) is 15.9 Å². The second-order valence-corrected chi connectivity index (χ2v) is 13.4. The van der Waals surface area contributed by atoms with Gasteiger partial charge in [-0.2, -0.15) is 4.39 Å². The summed E-state index contributed by atoms with van der Waals surface area (Å²) in [6.07, 6.45) is 2.13. The van der Waals surface area contributed by atoms with E-state index in [1.54, 1.807) is 36.5 Å². The second kappa shape index (κ2) is 15.1. The fourth-order valence-corrected chi connectivity index (χ4v) is 6.97. The molecule has 5 heterocycles. The van der Waals surface area contributed by atoms with Crippen molar-refractivity contribution in [1.29, 1.82) is 0 Å². The van der Waals surface area contributed by atoms with Crippen molar-refractivity contribution in [2.45, 2.75) is 32.9 Å². The summed E-state index contributed by atoms with van der Waals surface area (Å²) >= 11 is 1.36. The largest absolute Gasteiger partial charge is 0.484 e. The van der Waals surface area contributed by atoms with Crippen LogP contribution in [0.2, 0.25) is 0 Å². The summed E-state index contributed by atoms with van der Waals surface area (Å²) in [4.78, 5) is 65.6. The highest BCUT2D eigenvalue weighted by Gasteiger charge is 2.39. The summed E-state index contributed by atoms with van der Waals surface area (Å²) in [7, 11) is 3.80. The lowest BCUT2D eigenvalue weighted by Crippen LogP contribution is -2.52. The highest BCUT2D eigenvalue weighted by molar-refractivity contribution is 7.21. The zero-order valence-electron chi connectivity index (χ0n) is 27.7. The number of fused-ring (bicyclic) bond motifs is 2. The van der Waals surface area contributed by atoms with E-state index < -0.39 is 17.9 Å². The number of piperidine rings is 1. The average Bonchev–Trinajstić information content (AvgIpc) is 3.69. The summed E-state index contributed by atoms with van der Waals surface area (Å²) in [6.45, 7) is 0.788. The first-order valence-electron chi connectivity index (χ1n) is 16.2. The number of hydrogen-bond acceptors (Lipinski definition) is 11. The van der Waals surface area contributed by atoms with Crippen molar-refractivity contribution in [3.8, 4) is 27.6 Å². The van der Waals surface area contributed by atoms with Gasteiger partial charge in [0.2, 0.25) is 17.8 Å². The van der Waals surface area contributed by atoms with Crippen molar-refractivity contribution < 1.29 is 28.3 Å². The van der Waals surface area contributed by atoms with Crippen LogP contribution in [0.15, 0.2) is 66.9 Å². The topological polar surface area (TPSA) is 159 Å². The van der Waals surface area contributed by atoms with E-state index in [1.807, 2.05) is 49.3 Å². The number of pyridine rings is 2. The Labute approximate surface area is 303 Å². The Morgan fingerprint density at radius 2 is 1.87 bits per heavy atom. The summed E-state index contributed by atoms with van der Waals surface area (Å²) in [5, 5.41) is 8.90. The molecule has 7 rings (SSSR count). The molecule has 0 aliphatic carbocycles. The predicted octanol–water partition coefficient (Wildman–Crippen LogP) is 4.63. The van der Waals surface area contributed by atoms with Gasteiger partial charge in [-0.3, -0.25) is 24.5 Å². The number of anilines is 2. The van der Waals surface area contributed by atoms with Gasteiger partial charge in [-0.1, -0.05) is 7.43 Å². The first kappa shape index (κ1) is 35.9. The fraction of sp³-hybridized carbons (Fsp3) is 0.270. The van der Waals surface area contributed by atoms with Gasteiger partial charge in [0.1, 0.15) is 22.6 Å². The number of nitrogens with one attached hydrogen (secondary N) is 3. The van der Waals surface area contributed by atoms with Crippen LogP contribution in [0.3, 0.4) is 0 Å². The number of aromatic nitrogens is 3. The van der Waals surface area contributed by atoms with Gasteiger partial charge >= 0.3 is 0 Å². The van der Waals surface area contributed by atoms with Gasteiger partial charge in [0.05, 0.1) is 21.5 Å². The van der Waals surface area contributed by atoms with E-state index in [0.717, 1.165) is 21.7 Å². The standard InChI is InChI=1S/C36H33FN8O5S.CH4/c1-44(2)30-11-3-20(17-40-30)26-9-7-25(33(37)41-26)35-42-27-8-4-22(16-29(27)51-35)38-13-14-39-32(47)19-50-23-5-6-24-21(15-23)18-45(36(24)49)28-10-12-31(46)43-34(28)48;/h3-9,11,15-17,28,38H,10,12-14,18-19H2,1-2H3,(H,39,47)(H,43,46,48);1H4. The third-order valence-corrected chi connectivity index (χ3v) is 9.66. The lowest BCUT2D eigenvalue weighted by atomic mass is 10.0. The molecule has 3 N–H and O–H groups in total. The minimum absolute atomic E-state index is 0. The molecule has 0 radical (unpaired) electrons. The number of rotatable bonds is 11. The smallest absolute Gasteiger partial charge is 0.258 e. The number of carbonyl (C=O) groups excluding carboxylic acids is 4. The van der Waals surface area contributed by atoms with Crippen molar-refractivity contribution in [3.63, 3.8) is 0 Å². The van der Waals surface area contributed by atoms with Crippen LogP contribution in [0.5, 0.6) is 5.75 Å². The summed E-state index contributed by atoms with van der Waals surface area (Å²) in [6, 6.07) is 17.0. The van der Waals surface area contributed by atoms with Crippen LogP contribution in [0, 0.1) is 5.95 Å². The molecular weight excluding hydrogens is 688 g/mol. The van der Waals surface area contributed by atoms with Crippen LogP contribution in [0.1, 0.15) is 36.2 Å². The maximum absolute atomic E-state index is 15.2. The van der Waals surface area contributed by atoms with Crippen molar-refractivity contribution in [2.24, 2.45) is 0 Å². The van der Waals surface area contributed by atoms with Crippen molar-refractivity contribution in [1.82, 2.24) is 30.5 Å². The highest BCUT2D eigenvalue weighted by Crippen LogP contribution is 2.34. The Bertz CT molecular complexity index is 2170. The Morgan fingerprint density at radius 3 is 2.62 bits per heavy atom. The molecule has 13 nitrogen and oxygen atoms in total. The average molecular weight is 725 g/mol. The maximum atomic E-state index is 15.2. The zero-order chi connectivity index (χ0) is 35.6. The lowest BCUT2D eigenvalue weighted by molar-refractivity contribution is -0.137. The zero-order valence-corrected chi connectivity index (χ0v) is 28.6. The van der Waals surface area contributed by atoms with Crippen LogP contribution >= 0.6 is 11.3 Å². The molecule has 1 atom stereocenters. The number of imide groups is 1. The van der Waals surface area contributed by atoms with E-state index >= 15 is 4.39 Å². The van der Waals surface area contributed by atoms with E-state index in [-0.39, 0.29) is 51.1 Å². The number of ether oxygens (including phenoxy) is 1. The molecule has 5 aromatic rings. The molecule has 3 aromatic heterocycles. The number of halogens is 1. The molecule has 15 heteroatoms. The number of benzene rings is 2. The Kier molecular flexibility index (Phi) is 10.4. The SMILES string of the molecule is C.CN(C)c1ccc(-c2ccc(-c3nc4ccc(NCCNC(=O)COc5ccc6c(c5)CN(C5CCC(=O)NC5=O)C6=O)cc4s3)c(F)n2)cn1. The van der Waals surface area contributed by atoms with Crippen molar-refractivity contribution in [2.75, 3.05) is 44.0 Å². The number of carbonyl (C=O) groups is 4. The van der Waals surface area contributed by atoms with Crippen LogP contribution in [-0.4, -0.2) is 83.3 Å². The van der Waals surface area contributed by atoms with E-state index in [0.29, 0.717) is 51.8 Å². The molecule has 1 saturated heterocycles. The summed E-state index contributed by atoms with van der Waals surface area (Å²) in [5.74, 6) is -0.784. The number of hydrogen-bond donors (Lipinski definition) is 3. The molecule has 52 heavy (non-hydrogen) atoms. The number of nitrogens with zero attached hydrogens (tertiary/aromatic N) is 5. The lowest BCUT2D eigenvalue weighted by Gasteiger charge is -2.29. The van der Waals surface area contributed by atoms with Gasteiger partial charge in [-0.05, 0) is 72.6 Å². The van der Waals surface area contributed by atoms with Crippen LogP contribution in [-0.2, 0) is 20.9 Å². The molecule has 2 aromatic carbocycles. The van der Waals surface area contributed by atoms with Crippen LogP contribution < -0.4 is 25.6 Å². The Hall–Kier alpha value is -5.96. The molecular formula is C37H37FN8O5S. The molecule has 0 saturated carbocycles. The van der Waals surface area contributed by atoms with Gasteiger partial charge in [0.15, 0.2) is 6.61 Å². The number of amides is 4. The molecule has 0 bridgehead atoms. The van der Waals surface area contributed by atoms with Gasteiger partial charge in [-0.25, -0.2) is 15.0 Å². The first-order chi connectivity index (χ1) is 24.6. The molecule has 0 spiro atoms. The van der Waals surface area contributed by atoms with E-state index in [9.17, 15) is 19.2 Å². The van der Waals surface area contributed by atoms with E-state index in [2.05, 4.69) is 30.9 Å². The Balaban J connectivity index is 0.00000464. The summed E-state index contributed by atoms with van der Waals surface area (Å²) < 4.78 is 21.7. The van der Waals surface area contributed by atoms with E-state index in [1.165, 1.54) is 16.2 Å². The van der Waals surface area contributed by atoms with Gasteiger partial charge in [-0.15, -0.1) is 11.3 Å². The molecule has 1 unspecified atom stereocenters. The van der Waals surface area contributed by atoms with Crippen LogP contribution in [0.25, 0.3) is 32.0 Å². The quantitative estimate of drug-likeness (QED) is 0.0997. The van der Waals surface area contributed by atoms with Gasteiger partial charge in [0, 0.05) is 63.2 Å². The van der Waals surface area contributed by atoms with Gasteiger partial charge < -0.3 is 25.2 Å². The fourth-order valence-electron chi connectivity index (χ4n) is 5.96. The van der Waals surface area contributed by atoms with Crippen molar-refractivity contribution >= 4 is 56.7 Å². The number of thiazole rings is 1. The van der Waals surface area contributed by atoms with E-state index in [4.69, 9.17) is 4.74 Å². The minimum atomic E-state index is -0.700. The molecule has 268 valence electrons. The minimum Gasteiger partial charge on any atom is -0.484 e. The molecule has 2 aliphatic rings. The third-order valence-electron chi connectivity index (χ3n) is 8.61.